The summed E-state index contributed by atoms with van der Waals surface area (Å²) < 4.78 is 54.1. The number of nitrogens with one attached hydrogen (secondary N) is 1. The summed E-state index contributed by atoms with van der Waals surface area (Å²) in [6, 6.07) is 10.1. The molecule has 1 aromatic heterocycles. The van der Waals surface area contributed by atoms with Crippen LogP contribution in [0.3, 0.4) is 0 Å². The lowest BCUT2D eigenvalue weighted by Gasteiger charge is -2.16. The smallest absolute Gasteiger partial charge is 0.327 e. The number of halogens is 4. The van der Waals surface area contributed by atoms with Gasteiger partial charge in [-0.2, -0.15) is 13.2 Å². The van der Waals surface area contributed by atoms with E-state index in [1.54, 1.807) is 0 Å². The lowest BCUT2D eigenvalue weighted by atomic mass is 10.1. The summed E-state index contributed by atoms with van der Waals surface area (Å²) in [6.45, 7) is 4.72. The van der Waals surface area contributed by atoms with E-state index in [4.69, 9.17) is 0 Å². The third-order valence-corrected chi connectivity index (χ3v) is 4.28. The van der Waals surface area contributed by atoms with E-state index in [-0.39, 0.29) is 18.2 Å². The highest BCUT2D eigenvalue weighted by atomic mass is 19.4. The number of benzene rings is 2. The van der Waals surface area contributed by atoms with Crippen molar-refractivity contribution < 1.29 is 17.6 Å². The van der Waals surface area contributed by atoms with Crippen molar-refractivity contribution in [2.75, 3.05) is 0 Å². The van der Waals surface area contributed by atoms with Crippen molar-refractivity contribution in [1.82, 2.24) is 14.9 Å². The van der Waals surface area contributed by atoms with Gasteiger partial charge in [-0.25, -0.2) is 9.37 Å². The topological polar surface area (TPSA) is 29.9 Å². The summed E-state index contributed by atoms with van der Waals surface area (Å²) in [5.74, 6) is -0.105. The lowest BCUT2D eigenvalue weighted by molar-refractivity contribution is -0.137. The van der Waals surface area contributed by atoms with Crippen LogP contribution in [0.1, 0.15) is 36.8 Å². The number of nitrogens with zero attached hydrogens (tertiary/aromatic N) is 2. The Balaban J connectivity index is 1.81. The maximum Gasteiger partial charge on any atom is 0.416 e. The first-order valence-electron chi connectivity index (χ1n) is 8.34. The minimum Gasteiger partial charge on any atom is -0.327 e. The minimum absolute atomic E-state index is 0.106. The molecule has 0 amide bonds. The third-order valence-electron chi connectivity index (χ3n) is 4.28. The maximum absolute atomic E-state index is 13.5. The SMILES string of the molecule is CCn1c([C@@H](C)NCc2cc(F)cc(C(F)(F)F)c2)nc2ccccc21. The van der Waals surface area contributed by atoms with Crippen LogP contribution in [0.2, 0.25) is 0 Å². The van der Waals surface area contributed by atoms with Crippen molar-refractivity contribution in [3.63, 3.8) is 0 Å². The van der Waals surface area contributed by atoms with Crippen molar-refractivity contribution in [2.24, 2.45) is 0 Å². The molecule has 0 unspecified atom stereocenters. The van der Waals surface area contributed by atoms with Gasteiger partial charge < -0.3 is 9.88 Å². The Kier molecular flexibility index (Phi) is 5.00. The predicted octanol–water partition coefficient (Wildman–Crippen LogP) is 5.06. The second-order valence-corrected chi connectivity index (χ2v) is 6.15. The molecule has 3 aromatic rings. The van der Waals surface area contributed by atoms with E-state index < -0.39 is 17.6 Å². The van der Waals surface area contributed by atoms with Gasteiger partial charge in [-0.1, -0.05) is 12.1 Å². The van der Waals surface area contributed by atoms with Gasteiger partial charge in [0.1, 0.15) is 11.6 Å². The summed E-state index contributed by atoms with van der Waals surface area (Å²) in [5.41, 5.74) is 1.12. The second kappa shape index (κ2) is 7.07. The molecule has 0 aliphatic heterocycles. The van der Waals surface area contributed by atoms with E-state index in [9.17, 15) is 17.6 Å². The highest BCUT2D eigenvalue weighted by Gasteiger charge is 2.31. The summed E-state index contributed by atoms with van der Waals surface area (Å²) in [4.78, 5) is 4.62. The van der Waals surface area contributed by atoms with Gasteiger partial charge in [0.05, 0.1) is 22.6 Å². The molecule has 0 aliphatic carbocycles. The fourth-order valence-corrected chi connectivity index (χ4v) is 3.04. The van der Waals surface area contributed by atoms with E-state index in [2.05, 4.69) is 14.9 Å². The van der Waals surface area contributed by atoms with E-state index in [0.717, 1.165) is 35.5 Å². The fourth-order valence-electron chi connectivity index (χ4n) is 3.04. The summed E-state index contributed by atoms with van der Waals surface area (Å²) in [6.07, 6.45) is -4.57. The Morgan fingerprint density at radius 2 is 1.88 bits per heavy atom. The van der Waals surface area contributed by atoms with Crippen LogP contribution in [0.4, 0.5) is 17.6 Å². The van der Waals surface area contributed by atoms with Gasteiger partial charge >= 0.3 is 6.18 Å². The average molecular weight is 365 g/mol. The molecule has 0 saturated carbocycles. The van der Waals surface area contributed by atoms with Crippen LogP contribution in [0, 0.1) is 5.82 Å². The van der Waals surface area contributed by atoms with Crippen molar-refractivity contribution in [3.05, 3.63) is 65.2 Å². The normalized spacial score (nSPS) is 13.3. The van der Waals surface area contributed by atoms with Crippen molar-refractivity contribution in [2.45, 2.75) is 39.2 Å². The average Bonchev–Trinajstić information content (AvgIpc) is 2.97. The minimum atomic E-state index is -4.57. The van der Waals surface area contributed by atoms with Crippen LogP contribution < -0.4 is 5.32 Å². The Hall–Kier alpha value is -2.41. The molecular formula is C19H19F4N3. The number of imidazole rings is 1. The second-order valence-electron chi connectivity index (χ2n) is 6.15. The molecule has 0 aliphatic rings. The van der Waals surface area contributed by atoms with Gasteiger partial charge in [0, 0.05) is 13.1 Å². The van der Waals surface area contributed by atoms with Crippen LogP contribution in [0.25, 0.3) is 11.0 Å². The van der Waals surface area contributed by atoms with Gasteiger partial charge in [0.25, 0.3) is 0 Å². The first kappa shape index (κ1) is 18.4. The van der Waals surface area contributed by atoms with Crippen molar-refractivity contribution in [3.8, 4) is 0 Å². The third kappa shape index (κ3) is 3.72. The molecule has 1 N–H and O–H groups in total. The molecule has 7 heteroatoms. The molecule has 3 nitrogen and oxygen atoms in total. The highest BCUT2D eigenvalue weighted by Crippen LogP contribution is 2.30. The van der Waals surface area contributed by atoms with Crippen LogP contribution >= 0.6 is 0 Å². The standard InChI is InChI=1S/C19H19F4N3/c1-3-26-17-7-5-4-6-16(17)25-18(26)12(2)24-11-13-8-14(19(21,22)23)10-15(20)9-13/h4-10,12,24H,3,11H2,1-2H3/t12-/m1/s1. The zero-order chi connectivity index (χ0) is 18.9. The van der Waals surface area contributed by atoms with Crippen molar-refractivity contribution >= 4 is 11.0 Å². The van der Waals surface area contributed by atoms with Gasteiger partial charge in [0.2, 0.25) is 0 Å². The first-order chi connectivity index (χ1) is 12.3. The van der Waals surface area contributed by atoms with E-state index in [0.29, 0.717) is 6.07 Å². The molecular weight excluding hydrogens is 346 g/mol. The molecule has 0 spiro atoms. The van der Waals surface area contributed by atoms with Crippen LogP contribution in [-0.4, -0.2) is 9.55 Å². The van der Waals surface area contributed by atoms with Gasteiger partial charge in [-0.05, 0) is 49.7 Å². The molecule has 26 heavy (non-hydrogen) atoms. The van der Waals surface area contributed by atoms with Crippen LogP contribution in [0.15, 0.2) is 42.5 Å². The van der Waals surface area contributed by atoms with Gasteiger partial charge in [-0.3, -0.25) is 0 Å². The van der Waals surface area contributed by atoms with E-state index in [1.807, 2.05) is 38.1 Å². The zero-order valence-corrected chi connectivity index (χ0v) is 14.4. The zero-order valence-electron chi connectivity index (χ0n) is 14.4. The number of rotatable bonds is 5. The Bertz CT molecular complexity index is 915. The molecule has 3 rings (SSSR count). The van der Waals surface area contributed by atoms with E-state index in [1.165, 1.54) is 0 Å². The molecule has 2 aromatic carbocycles. The van der Waals surface area contributed by atoms with Crippen LogP contribution in [-0.2, 0) is 19.3 Å². The number of hydrogen-bond acceptors (Lipinski definition) is 2. The number of aromatic nitrogens is 2. The largest absolute Gasteiger partial charge is 0.416 e. The van der Waals surface area contributed by atoms with Gasteiger partial charge in [0.15, 0.2) is 0 Å². The monoisotopic (exact) mass is 365 g/mol. The van der Waals surface area contributed by atoms with Crippen LogP contribution in [0.5, 0.6) is 0 Å². The molecule has 138 valence electrons. The lowest BCUT2D eigenvalue weighted by Crippen LogP contribution is -2.22. The quantitative estimate of drug-likeness (QED) is 0.640. The number of fused-ring (bicyclic) bond motifs is 1. The summed E-state index contributed by atoms with van der Waals surface area (Å²) in [7, 11) is 0. The number of aryl methyl sites for hydroxylation is 1. The molecule has 0 radical (unpaired) electrons. The molecule has 0 fully saturated rings. The highest BCUT2D eigenvalue weighted by molar-refractivity contribution is 5.76. The fraction of sp³-hybridized carbons (Fsp3) is 0.316. The number of para-hydroxylation sites is 2. The van der Waals surface area contributed by atoms with E-state index >= 15 is 0 Å². The maximum atomic E-state index is 13.5. The molecule has 0 saturated heterocycles. The number of alkyl halides is 3. The Morgan fingerprint density at radius 3 is 2.58 bits per heavy atom. The van der Waals surface area contributed by atoms with Gasteiger partial charge in [-0.15, -0.1) is 0 Å². The molecule has 1 heterocycles. The summed E-state index contributed by atoms with van der Waals surface area (Å²) in [5, 5.41) is 3.14. The Morgan fingerprint density at radius 1 is 1.15 bits per heavy atom. The Labute approximate surface area is 148 Å². The first-order valence-corrected chi connectivity index (χ1v) is 8.34. The molecule has 1 atom stereocenters. The molecule has 0 bridgehead atoms. The van der Waals surface area contributed by atoms with Crippen molar-refractivity contribution in [1.29, 1.82) is 0 Å². The predicted molar refractivity (Wildman–Crippen MR) is 92.1 cm³/mol. The summed E-state index contributed by atoms with van der Waals surface area (Å²) >= 11 is 0. The number of hydrogen-bond donors (Lipinski definition) is 1.